The molecular formula is C24H52NO2+. The van der Waals surface area contributed by atoms with Gasteiger partial charge in [0.15, 0.2) is 6.29 Å². The molecule has 0 radical (unpaired) electrons. The molecule has 0 fully saturated rings. The van der Waals surface area contributed by atoms with Crippen LogP contribution in [0.25, 0.3) is 0 Å². The number of aliphatic hydroxyl groups is 1. The van der Waals surface area contributed by atoms with Gasteiger partial charge in [0.2, 0.25) is 0 Å². The summed E-state index contributed by atoms with van der Waals surface area (Å²) in [7, 11) is 6.42. The number of ether oxygens (including phenoxy) is 1. The van der Waals surface area contributed by atoms with E-state index in [2.05, 4.69) is 28.1 Å². The first-order valence-corrected chi connectivity index (χ1v) is 12.1. The van der Waals surface area contributed by atoms with Gasteiger partial charge in [0, 0.05) is 13.0 Å². The van der Waals surface area contributed by atoms with Crippen LogP contribution in [-0.2, 0) is 4.74 Å². The fourth-order valence-electron chi connectivity index (χ4n) is 3.45. The van der Waals surface area contributed by atoms with E-state index >= 15 is 0 Å². The first-order valence-electron chi connectivity index (χ1n) is 12.1. The average molecular weight is 387 g/mol. The molecule has 0 aliphatic rings. The lowest BCUT2D eigenvalue weighted by atomic mass is 10.0. The molecule has 0 aliphatic carbocycles. The maximum absolute atomic E-state index is 9.81. The fourth-order valence-corrected chi connectivity index (χ4v) is 3.45. The van der Waals surface area contributed by atoms with Gasteiger partial charge >= 0.3 is 0 Å². The molecule has 0 amide bonds. The van der Waals surface area contributed by atoms with Crippen LogP contribution in [0.5, 0.6) is 0 Å². The van der Waals surface area contributed by atoms with Gasteiger partial charge < -0.3 is 14.3 Å². The predicted octanol–water partition coefficient (Wildman–Crippen LogP) is 6.68. The average Bonchev–Trinajstić information content (AvgIpc) is 2.62. The first kappa shape index (κ1) is 26.9. The highest BCUT2D eigenvalue weighted by Gasteiger charge is 2.11. The Kier molecular flexibility index (Phi) is 19.1. The monoisotopic (exact) mass is 386 g/mol. The van der Waals surface area contributed by atoms with Crippen LogP contribution in [0.4, 0.5) is 0 Å². The second-order valence-electron chi connectivity index (χ2n) is 9.43. The predicted molar refractivity (Wildman–Crippen MR) is 119 cm³/mol. The zero-order chi connectivity index (χ0) is 20.2. The van der Waals surface area contributed by atoms with E-state index < -0.39 is 6.29 Å². The molecule has 3 nitrogen and oxygen atoms in total. The lowest BCUT2D eigenvalue weighted by Gasteiger charge is -2.25. The van der Waals surface area contributed by atoms with Crippen molar-refractivity contribution in [2.45, 2.75) is 122 Å². The minimum atomic E-state index is -0.585. The number of hydrogen-bond donors (Lipinski definition) is 1. The summed E-state index contributed by atoms with van der Waals surface area (Å²) in [5, 5.41) is 9.81. The first-order chi connectivity index (χ1) is 13.0. The van der Waals surface area contributed by atoms with Crippen molar-refractivity contribution < 1.29 is 14.3 Å². The maximum Gasteiger partial charge on any atom is 0.159 e. The second kappa shape index (κ2) is 19.2. The lowest BCUT2D eigenvalue weighted by Crippen LogP contribution is -2.37. The van der Waals surface area contributed by atoms with Crippen LogP contribution < -0.4 is 0 Å². The SMILES string of the molecule is CCCCCCCCCCCCCCCCCCOC(O)CC[N+](C)(C)C. The van der Waals surface area contributed by atoms with Gasteiger partial charge in [0.05, 0.1) is 27.7 Å². The number of nitrogens with zero attached hydrogens (tertiary/aromatic N) is 1. The Balaban J connectivity index is 3.13. The van der Waals surface area contributed by atoms with E-state index in [1.165, 1.54) is 96.3 Å². The van der Waals surface area contributed by atoms with E-state index in [0.29, 0.717) is 6.61 Å². The number of rotatable bonds is 21. The third-order valence-electron chi connectivity index (χ3n) is 5.35. The molecule has 1 N–H and O–H groups in total. The van der Waals surface area contributed by atoms with Crippen molar-refractivity contribution in [2.75, 3.05) is 34.3 Å². The van der Waals surface area contributed by atoms with Crippen LogP contribution in [0, 0.1) is 0 Å². The number of quaternary nitrogens is 1. The number of hydrogen-bond acceptors (Lipinski definition) is 2. The molecule has 27 heavy (non-hydrogen) atoms. The van der Waals surface area contributed by atoms with Crippen molar-refractivity contribution in [1.82, 2.24) is 0 Å². The van der Waals surface area contributed by atoms with Gasteiger partial charge in [-0.2, -0.15) is 0 Å². The molecule has 1 unspecified atom stereocenters. The van der Waals surface area contributed by atoms with Gasteiger partial charge in [-0.05, 0) is 6.42 Å². The Labute approximate surface area is 171 Å². The van der Waals surface area contributed by atoms with Crippen molar-refractivity contribution in [3.8, 4) is 0 Å². The van der Waals surface area contributed by atoms with Crippen LogP contribution in [0.2, 0.25) is 0 Å². The minimum Gasteiger partial charge on any atom is -0.368 e. The Hall–Kier alpha value is -0.120. The van der Waals surface area contributed by atoms with Crippen LogP contribution in [-0.4, -0.2) is 50.2 Å². The summed E-state index contributed by atoms with van der Waals surface area (Å²) in [6.45, 7) is 3.94. The highest BCUT2D eigenvalue weighted by Crippen LogP contribution is 2.13. The van der Waals surface area contributed by atoms with Crippen molar-refractivity contribution in [3.05, 3.63) is 0 Å². The van der Waals surface area contributed by atoms with Gasteiger partial charge in [0.1, 0.15) is 0 Å². The topological polar surface area (TPSA) is 29.5 Å². The molecule has 164 valence electrons. The Morgan fingerprint density at radius 3 is 1.37 bits per heavy atom. The van der Waals surface area contributed by atoms with E-state index in [4.69, 9.17) is 4.74 Å². The summed E-state index contributed by atoms with van der Waals surface area (Å²) in [6, 6.07) is 0. The van der Waals surface area contributed by atoms with E-state index in [1.54, 1.807) is 0 Å². The van der Waals surface area contributed by atoms with Gasteiger partial charge in [-0.25, -0.2) is 0 Å². The van der Waals surface area contributed by atoms with Gasteiger partial charge in [-0.3, -0.25) is 0 Å². The quantitative estimate of drug-likeness (QED) is 0.135. The zero-order valence-electron chi connectivity index (χ0n) is 19.3. The molecule has 0 saturated heterocycles. The Morgan fingerprint density at radius 2 is 1.00 bits per heavy atom. The minimum absolute atomic E-state index is 0.585. The molecular weight excluding hydrogens is 334 g/mol. The molecule has 0 rings (SSSR count). The normalized spacial score (nSPS) is 13.2. The lowest BCUT2D eigenvalue weighted by molar-refractivity contribution is -0.871. The summed E-state index contributed by atoms with van der Waals surface area (Å²) in [5.41, 5.74) is 0. The molecule has 1 atom stereocenters. The second-order valence-corrected chi connectivity index (χ2v) is 9.43. The van der Waals surface area contributed by atoms with Crippen LogP contribution >= 0.6 is 0 Å². The summed E-state index contributed by atoms with van der Waals surface area (Å²) < 4.78 is 6.38. The molecule has 3 heteroatoms. The third-order valence-corrected chi connectivity index (χ3v) is 5.35. The van der Waals surface area contributed by atoms with Gasteiger partial charge in [-0.15, -0.1) is 0 Å². The molecule has 0 spiro atoms. The third kappa shape index (κ3) is 23.8. The van der Waals surface area contributed by atoms with Gasteiger partial charge in [0.25, 0.3) is 0 Å². The van der Waals surface area contributed by atoms with E-state index in [1.807, 2.05) is 0 Å². The number of unbranched alkanes of at least 4 members (excludes halogenated alkanes) is 15. The molecule has 0 bridgehead atoms. The van der Waals surface area contributed by atoms with Crippen molar-refractivity contribution in [2.24, 2.45) is 0 Å². The zero-order valence-corrected chi connectivity index (χ0v) is 19.3. The molecule has 0 aromatic rings. The smallest absolute Gasteiger partial charge is 0.159 e. The summed E-state index contributed by atoms with van der Waals surface area (Å²) in [6.07, 6.45) is 22.3. The standard InChI is InChI=1S/C24H52NO2/c1-5-6-7-8-9-10-11-12-13-14-15-16-17-18-19-20-23-27-24(26)21-22-25(2,3)4/h24,26H,5-23H2,1-4H3/q+1. The Morgan fingerprint density at radius 1 is 0.630 bits per heavy atom. The van der Waals surface area contributed by atoms with E-state index in [9.17, 15) is 5.11 Å². The summed E-state index contributed by atoms with van der Waals surface area (Å²) >= 11 is 0. The fraction of sp³-hybridized carbons (Fsp3) is 1.00. The van der Waals surface area contributed by atoms with Crippen LogP contribution in [0.1, 0.15) is 116 Å². The molecule has 0 aromatic carbocycles. The van der Waals surface area contributed by atoms with Crippen molar-refractivity contribution in [3.63, 3.8) is 0 Å². The van der Waals surface area contributed by atoms with Crippen molar-refractivity contribution in [1.29, 1.82) is 0 Å². The van der Waals surface area contributed by atoms with Crippen LogP contribution in [0.15, 0.2) is 0 Å². The molecule has 0 heterocycles. The van der Waals surface area contributed by atoms with Crippen LogP contribution in [0.3, 0.4) is 0 Å². The summed E-state index contributed by atoms with van der Waals surface area (Å²) in [4.78, 5) is 0. The molecule has 0 aliphatic heterocycles. The summed E-state index contributed by atoms with van der Waals surface area (Å²) in [5.74, 6) is 0. The Bertz CT molecular complexity index is 289. The highest BCUT2D eigenvalue weighted by atomic mass is 16.6. The molecule has 0 saturated carbocycles. The van der Waals surface area contributed by atoms with E-state index in [-0.39, 0.29) is 0 Å². The molecule has 0 aromatic heterocycles. The maximum atomic E-state index is 9.81. The van der Waals surface area contributed by atoms with E-state index in [0.717, 1.165) is 23.9 Å². The number of aliphatic hydroxyl groups excluding tert-OH is 1. The highest BCUT2D eigenvalue weighted by molar-refractivity contribution is 4.50. The largest absolute Gasteiger partial charge is 0.368 e. The van der Waals surface area contributed by atoms with Gasteiger partial charge in [-0.1, -0.05) is 103 Å². The van der Waals surface area contributed by atoms with Crippen molar-refractivity contribution >= 4 is 0 Å².